The van der Waals surface area contributed by atoms with Gasteiger partial charge in [-0.05, 0) is 19.1 Å². The summed E-state index contributed by atoms with van der Waals surface area (Å²) >= 11 is 6.19. The Kier molecular flexibility index (Phi) is 7.99. The number of ether oxygens (including phenoxy) is 4. The van der Waals surface area contributed by atoms with E-state index in [1.54, 1.807) is 18.2 Å². The number of amides is 1. The van der Waals surface area contributed by atoms with Crippen LogP contribution in [-0.4, -0.2) is 46.2 Å². The van der Waals surface area contributed by atoms with Crippen LogP contribution in [0.1, 0.15) is 6.92 Å². The lowest BCUT2D eigenvalue weighted by Gasteiger charge is -2.14. The second kappa shape index (κ2) is 10.4. The molecule has 1 amide bonds. The lowest BCUT2D eigenvalue weighted by atomic mass is 10.2. The lowest BCUT2D eigenvalue weighted by Crippen LogP contribution is -2.31. The number of nitrogens with one attached hydrogen (secondary N) is 1. The van der Waals surface area contributed by atoms with Gasteiger partial charge >= 0.3 is 0 Å². The van der Waals surface area contributed by atoms with Crippen molar-refractivity contribution >= 4 is 34.7 Å². The summed E-state index contributed by atoms with van der Waals surface area (Å²) in [5.74, 6) is 0.314. The monoisotopic (exact) mass is 435 g/mol. The predicted octanol–water partition coefficient (Wildman–Crippen LogP) is 4.05. The number of carbonyl (C=O) groups excluding carboxylic acids is 2. The first-order chi connectivity index (χ1) is 14.4. The third-order valence-corrected chi connectivity index (χ3v) is 4.34. The van der Waals surface area contributed by atoms with Gasteiger partial charge in [0.05, 0.1) is 39.1 Å². The zero-order chi connectivity index (χ0) is 22.3. The van der Waals surface area contributed by atoms with E-state index in [9.17, 15) is 9.59 Å². The van der Waals surface area contributed by atoms with Gasteiger partial charge in [0.25, 0.3) is 5.91 Å². The Bertz CT molecular complexity index is 964. The van der Waals surface area contributed by atoms with Crippen molar-refractivity contribution in [2.75, 3.05) is 33.8 Å². The summed E-state index contributed by atoms with van der Waals surface area (Å²) in [6.45, 7) is 1.24. The Balaban J connectivity index is 2.31. The van der Waals surface area contributed by atoms with Crippen LogP contribution < -0.4 is 24.3 Å². The number of nitrogens with zero attached hydrogens (tertiary/aromatic N) is 2. The molecule has 30 heavy (non-hydrogen) atoms. The number of halogens is 1. The number of anilines is 1. The molecule has 0 spiro atoms. The minimum Gasteiger partial charge on any atom is -0.493 e. The number of ketones is 1. The summed E-state index contributed by atoms with van der Waals surface area (Å²) in [5, 5.41) is 10.7. The summed E-state index contributed by atoms with van der Waals surface area (Å²) in [7, 11) is 5.85. The molecular formula is C20H22ClN3O6. The molecule has 0 saturated heterocycles. The van der Waals surface area contributed by atoms with Crippen LogP contribution in [0.25, 0.3) is 0 Å². The van der Waals surface area contributed by atoms with Crippen LogP contribution in [0, 0.1) is 0 Å². The molecule has 2 rings (SSSR count). The Morgan fingerprint density at radius 3 is 2.17 bits per heavy atom. The van der Waals surface area contributed by atoms with E-state index in [1.807, 2.05) is 0 Å². The van der Waals surface area contributed by atoms with Crippen molar-refractivity contribution < 1.29 is 28.5 Å². The summed E-state index contributed by atoms with van der Waals surface area (Å²) < 4.78 is 20.8. The minimum absolute atomic E-state index is 0.203. The first-order valence-electron chi connectivity index (χ1n) is 8.70. The van der Waals surface area contributed by atoms with Crippen molar-refractivity contribution in [1.82, 2.24) is 0 Å². The van der Waals surface area contributed by atoms with Crippen LogP contribution in [0.15, 0.2) is 40.6 Å². The third kappa shape index (κ3) is 5.18. The average molecular weight is 436 g/mol. The van der Waals surface area contributed by atoms with Crippen LogP contribution >= 0.6 is 11.6 Å². The molecule has 1 atom stereocenters. The van der Waals surface area contributed by atoms with Crippen molar-refractivity contribution in [3.05, 3.63) is 35.4 Å². The number of hydrogen-bond donors (Lipinski definition) is 1. The molecule has 1 N–H and O–H groups in total. The average Bonchev–Trinajstić information content (AvgIpc) is 2.74. The van der Waals surface area contributed by atoms with E-state index in [1.165, 1.54) is 47.5 Å². The Morgan fingerprint density at radius 1 is 0.967 bits per heavy atom. The molecule has 0 aromatic heterocycles. The number of Topliss-reactive ketones (excluding diaryl/α,β-unsaturated/α-hetero) is 1. The summed E-state index contributed by atoms with van der Waals surface area (Å²) in [6.07, 6.45) is 0. The number of para-hydroxylation sites is 1. The van der Waals surface area contributed by atoms with Crippen molar-refractivity contribution in [2.45, 2.75) is 13.0 Å². The maximum atomic E-state index is 12.7. The summed E-state index contributed by atoms with van der Waals surface area (Å²) in [5.41, 5.74) is 0.541. The normalized spacial score (nSPS) is 11.7. The van der Waals surface area contributed by atoms with Gasteiger partial charge in [-0.2, -0.15) is 10.2 Å². The minimum atomic E-state index is -1.40. The van der Waals surface area contributed by atoms with E-state index in [-0.39, 0.29) is 10.7 Å². The zero-order valence-corrected chi connectivity index (χ0v) is 17.9. The Hall–Kier alpha value is -3.33. The number of azo groups is 1. The highest BCUT2D eigenvalue weighted by atomic mass is 35.5. The van der Waals surface area contributed by atoms with Crippen LogP contribution in [0.3, 0.4) is 0 Å². The molecule has 10 heteroatoms. The van der Waals surface area contributed by atoms with Crippen LogP contribution in [-0.2, 0) is 9.59 Å². The SMILES string of the molecule is COc1cc(Cl)c(NC(=O)C(N=Nc2cccc(OC)c2OC)C(C)=O)cc1OC. The van der Waals surface area contributed by atoms with E-state index >= 15 is 0 Å². The third-order valence-electron chi connectivity index (χ3n) is 4.03. The van der Waals surface area contributed by atoms with Gasteiger partial charge in [-0.25, -0.2) is 0 Å². The summed E-state index contributed by atoms with van der Waals surface area (Å²) in [6, 6.07) is 6.56. The fourth-order valence-electron chi connectivity index (χ4n) is 2.54. The highest BCUT2D eigenvalue weighted by Gasteiger charge is 2.25. The van der Waals surface area contributed by atoms with Crippen molar-refractivity contribution in [3.8, 4) is 23.0 Å². The van der Waals surface area contributed by atoms with E-state index in [0.29, 0.717) is 28.7 Å². The molecule has 1 unspecified atom stereocenters. The Labute approximate surface area is 178 Å². The molecule has 0 aliphatic heterocycles. The van der Waals surface area contributed by atoms with Gasteiger partial charge in [0, 0.05) is 12.1 Å². The zero-order valence-electron chi connectivity index (χ0n) is 17.2. The number of rotatable bonds is 9. The summed E-state index contributed by atoms with van der Waals surface area (Å²) in [4.78, 5) is 24.7. The highest BCUT2D eigenvalue weighted by Crippen LogP contribution is 2.38. The van der Waals surface area contributed by atoms with Crippen LogP contribution in [0.4, 0.5) is 11.4 Å². The van der Waals surface area contributed by atoms with Gasteiger partial charge in [-0.3, -0.25) is 9.59 Å². The highest BCUT2D eigenvalue weighted by molar-refractivity contribution is 6.34. The van der Waals surface area contributed by atoms with E-state index in [4.69, 9.17) is 30.5 Å². The van der Waals surface area contributed by atoms with Gasteiger partial charge in [-0.1, -0.05) is 17.7 Å². The molecule has 9 nitrogen and oxygen atoms in total. The maximum absolute atomic E-state index is 12.7. The molecule has 0 aliphatic rings. The second-order valence-electron chi connectivity index (χ2n) is 5.92. The topological polar surface area (TPSA) is 108 Å². The quantitative estimate of drug-likeness (QED) is 0.470. The molecule has 0 radical (unpaired) electrons. The van der Waals surface area contributed by atoms with Gasteiger partial charge < -0.3 is 24.3 Å². The van der Waals surface area contributed by atoms with Crippen molar-refractivity contribution in [2.24, 2.45) is 10.2 Å². The number of benzene rings is 2. The molecule has 0 saturated carbocycles. The van der Waals surface area contributed by atoms with Gasteiger partial charge in [0.2, 0.25) is 6.04 Å². The van der Waals surface area contributed by atoms with Crippen molar-refractivity contribution in [3.63, 3.8) is 0 Å². The van der Waals surface area contributed by atoms with Gasteiger partial charge in [-0.15, -0.1) is 0 Å². The molecular weight excluding hydrogens is 414 g/mol. The lowest BCUT2D eigenvalue weighted by molar-refractivity contribution is -0.126. The van der Waals surface area contributed by atoms with E-state index in [0.717, 1.165) is 0 Å². The van der Waals surface area contributed by atoms with Crippen LogP contribution in [0.5, 0.6) is 23.0 Å². The molecule has 0 fully saturated rings. The molecule has 2 aromatic carbocycles. The van der Waals surface area contributed by atoms with Crippen molar-refractivity contribution in [1.29, 1.82) is 0 Å². The smallest absolute Gasteiger partial charge is 0.258 e. The first-order valence-corrected chi connectivity index (χ1v) is 9.08. The predicted molar refractivity (Wildman–Crippen MR) is 112 cm³/mol. The Morgan fingerprint density at radius 2 is 1.60 bits per heavy atom. The van der Waals surface area contributed by atoms with E-state index in [2.05, 4.69) is 15.5 Å². The fraction of sp³-hybridized carbons (Fsp3) is 0.300. The van der Waals surface area contributed by atoms with Gasteiger partial charge in [0.1, 0.15) is 5.69 Å². The molecule has 160 valence electrons. The van der Waals surface area contributed by atoms with Crippen LogP contribution in [0.2, 0.25) is 5.02 Å². The fourth-order valence-corrected chi connectivity index (χ4v) is 2.74. The first kappa shape index (κ1) is 23.0. The molecule has 0 aliphatic carbocycles. The maximum Gasteiger partial charge on any atom is 0.258 e. The largest absolute Gasteiger partial charge is 0.493 e. The number of hydrogen-bond acceptors (Lipinski definition) is 8. The molecule has 2 aromatic rings. The van der Waals surface area contributed by atoms with Gasteiger partial charge in [0.15, 0.2) is 28.8 Å². The van der Waals surface area contributed by atoms with E-state index < -0.39 is 17.7 Å². The second-order valence-corrected chi connectivity index (χ2v) is 6.32. The number of carbonyl (C=O) groups is 2. The molecule has 0 bridgehead atoms. The number of methoxy groups -OCH3 is 4. The molecule has 0 heterocycles. The standard InChI is InChI=1S/C20H22ClN3O6/c1-11(25)18(24-23-13-7-6-8-15(27-2)19(13)30-5)20(26)22-14-10-17(29-4)16(28-3)9-12(14)21/h6-10,18H,1-5H3,(H,22,26).